The zero-order valence-corrected chi connectivity index (χ0v) is 15.3. The molecule has 0 saturated carbocycles. The number of rotatable bonds is 5. The number of amides is 1. The molecule has 1 aliphatic heterocycles. The first-order valence-electron chi connectivity index (χ1n) is 8.72. The normalized spacial score (nSPS) is 22.5. The maximum Gasteiger partial charge on any atom is 0.410 e. The monoisotopic (exact) mass is 352 g/mol. The number of carbonyl (C=O) groups is 1. The summed E-state index contributed by atoms with van der Waals surface area (Å²) in [4.78, 5) is 13.7. The molecule has 0 aromatic heterocycles. The van der Waals surface area contributed by atoms with E-state index in [0.717, 1.165) is 5.56 Å². The van der Waals surface area contributed by atoms with Crippen molar-refractivity contribution in [3.05, 3.63) is 35.9 Å². The smallest absolute Gasteiger partial charge is 0.410 e. The van der Waals surface area contributed by atoms with E-state index in [0.29, 0.717) is 26.0 Å². The van der Waals surface area contributed by atoms with Gasteiger partial charge in [-0.05, 0) is 39.2 Å². The fourth-order valence-electron chi connectivity index (χ4n) is 2.87. The number of halogens is 1. The van der Waals surface area contributed by atoms with E-state index >= 15 is 0 Å². The molecule has 25 heavy (non-hydrogen) atoms. The van der Waals surface area contributed by atoms with Gasteiger partial charge >= 0.3 is 6.09 Å². The molecule has 0 bridgehead atoms. The number of carbonyl (C=O) groups excluding carboxylic acids is 1. The Kier molecular flexibility index (Phi) is 6.41. The summed E-state index contributed by atoms with van der Waals surface area (Å²) in [7, 11) is 0. The van der Waals surface area contributed by atoms with E-state index in [4.69, 9.17) is 15.2 Å². The Morgan fingerprint density at radius 2 is 2.04 bits per heavy atom. The number of nitrogens with zero attached hydrogens (tertiary/aromatic N) is 1. The Bertz CT molecular complexity index is 562. The van der Waals surface area contributed by atoms with Crippen LogP contribution in [-0.4, -0.2) is 48.0 Å². The summed E-state index contributed by atoms with van der Waals surface area (Å²) in [6.07, 6.45) is -0.627. The fourth-order valence-corrected chi connectivity index (χ4v) is 2.87. The van der Waals surface area contributed by atoms with Crippen LogP contribution in [0.4, 0.5) is 9.18 Å². The number of hydrogen-bond acceptors (Lipinski definition) is 4. The lowest BCUT2D eigenvalue weighted by Gasteiger charge is -2.42. The number of piperidine rings is 1. The third-order valence-corrected chi connectivity index (χ3v) is 4.21. The minimum absolute atomic E-state index is 0.0897. The molecule has 1 aromatic carbocycles. The van der Waals surface area contributed by atoms with E-state index in [1.54, 1.807) is 20.8 Å². The predicted molar refractivity (Wildman–Crippen MR) is 95.0 cm³/mol. The summed E-state index contributed by atoms with van der Waals surface area (Å²) in [5.41, 5.74) is 5.57. The van der Waals surface area contributed by atoms with Crippen molar-refractivity contribution >= 4 is 6.09 Å². The van der Waals surface area contributed by atoms with Gasteiger partial charge in [-0.15, -0.1) is 0 Å². The molecule has 140 valence electrons. The first-order valence-corrected chi connectivity index (χ1v) is 8.72. The Morgan fingerprint density at radius 3 is 2.68 bits per heavy atom. The SMILES string of the molecule is CC(C)(C)OC(=O)N1CCCC(N)(C(F)COCc2ccccc2)C1. The predicted octanol–water partition coefficient (Wildman–Crippen LogP) is 3.27. The number of ether oxygens (including phenoxy) is 2. The zero-order valence-electron chi connectivity index (χ0n) is 15.3. The fraction of sp³-hybridized carbons (Fsp3) is 0.632. The maximum absolute atomic E-state index is 14.7. The van der Waals surface area contributed by atoms with Gasteiger partial charge in [0.05, 0.1) is 18.8 Å². The standard InChI is InChI=1S/C19H29FN2O3/c1-18(2,3)25-17(23)22-11-7-10-19(21,14-22)16(20)13-24-12-15-8-5-4-6-9-15/h4-6,8-9,16H,7,10-14,21H2,1-3H3. The van der Waals surface area contributed by atoms with Crippen LogP contribution in [0, 0.1) is 0 Å². The topological polar surface area (TPSA) is 64.8 Å². The molecule has 2 atom stereocenters. The van der Waals surface area contributed by atoms with Crippen molar-refractivity contribution in [1.29, 1.82) is 0 Å². The third kappa shape index (κ3) is 5.97. The van der Waals surface area contributed by atoms with Gasteiger partial charge in [-0.2, -0.15) is 0 Å². The Labute approximate surface area is 149 Å². The van der Waals surface area contributed by atoms with Gasteiger partial charge in [0.1, 0.15) is 11.8 Å². The first-order chi connectivity index (χ1) is 11.7. The molecule has 1 fully saturated rings. The van der Waals surface area contributed by atoms with Gasteiger partial charge in [-0.1, -0.05) is 30.3 Å². The molecular formula is C19H29FN2O3. The number of alkyl halides is 1. The Morgan fingerprint density at radius 1 is 1.36 bits per heavy atom. The number of nitrogens with two attached hydrogens (primary N) is 1. The van der Waals surface area contributed by atoms with Gasteiger partial charge in [0.2, 0.25) is 0 Å². The summed E-state index contributed by atoms with van der Waals surface area (Å²) in [6.45, 7) is 6.34. The molecule has 6 heteroatoms. The second-order valence-electron chi connectivity index (χ2n) is 7.71. The van der Waals surface area contributed by atoms with Gasteiger partial charge in [-0.3, -0.25) is 0 Å². The Balaban J connectivity index is 1.87. The average Bonchev–Trinajstić information content (AvgIpc) is 2.54. The summed E-state index contributed by atoms with van der Waals surface area (Å²) in [5, 5.41) is 0. The van der Waals surface area contributed by atoms with E-state index in [9.17, 15) is 9.18 Å². The van der Waals surface area contributed by atoms with Crippen molar-refractivity contribution in [2.24, 2.45) is 5.73 Å². The van der Waals surface area contributed by atoms with Crippen molar-refractivity contribution in [3.8, 4) is 0 Å². The van der Waals surface area contributed by atoms with Gasteiger partial charge in [0, 0.05) is 13.1 Å². The second-order valence-corrected chi connectivity index (χ2v) is 7.71. The van der Waals surface area contributed by atoms with E-state index in [2.05, 4.69) is 0 Å². The average molecular weight is 352 g/mol. The van der Waals surface area contributed by atoms with Gasteiger partial charge < -0.3 is 20.1 Å². The van der Waals surface area contributed by atoms with Crippen LogP contribution < -0.4 is 5.73 Å². The van der Waals surface area contributed by atoms with Crippen LogP contribution in [0.1, 0.15) is 39.2 Å². The molecule has 1 heterocycles. The Hall–Kier alpha value is -1.66. The highest BCUT2D eigenvalue weighted by Gasteiger charge is 2.41. The van der Waals surface area contributed by atoms with Crippen LogP contribution in [-0.2, 0) is 16.1 Å². The molecule has 2 rings (SSSR count). The maximum atomic E-state index is 14.7. The van der Waals surface area contributed by atoms with Crippen LogP contribution in [0.5, 0.6) is 0 Å². The molecular weight excluding hydrogens is 323 g/mol. The van der Waals surface area contributed by atoms with E-state index < -0.39 is 23.4 Å². The van der Waals surface area contributed by atoms with Gasteiger partial charge in [0.15, 0.2) is 0 Å². The van der Waals surface area contributed by atoms with E-state index in [1.165, 1.54) is 4.90 Å². The molecule has 1 saturated heterocycles. The quantitative estimate of drug-likeness (QED) is 0.883. The molecule has 5 nitrogen and oxygen atoms in total. The number of hydrogen-bond donors (Lipinski definition) is 1. The van der Waals surface area contributed by atoms with E-state index in [1.807, 2.05) is 30.3 Å². The van der Waals surface area contributed by atoms with Crippen LogP contribution in [0.15, 0.2) is 30.3 Å². The summed E-state index contributed by atoms with van der Waals surface area (Å²) >= 11 is 0. The van der Waals surface area contributed by atoms with Gasteiger partial charge in [0.25, 0.3) is 0 Å². The van der Waals surface area contributed by atoms with Gasteiger partial charge in [-0.25, -0.2) is 9.18 Å². The van der Waals surface area contributed by atoms with E-state index in [-0.39, 0.29) is 13.2 Å². The highest BCUT2D eigenvalue weighted by Crippen LogP contribution is 2.26. The van der Waals surface area contributed by atoms with Crippen molar-refractivity contribution in [1.82, 2.24) is 4.90 Å². The minimum atomic E-state index is -1.35. The molecule has 2 unspecified atom stereocenters. The van der Waals surface area contributed by atoms with Crippen LogP contribution in [0.25, 0.3) is 0 Å². The summed E-state index contributed by atoms with van der Waals surface area (Å²) in [5.74, 6) is 0. The highest BCUT2D eigenvalue weighted by atomic mass is 19.1. The molecule has 1 aliphatic rings. The molecule has 1 aromatic rings. The minimum Gasteiger partial charge on any atom is -0.444 e. The van der Waals surface area contributed by atoms with Crippen molar-refractivity contribution in [2.45, 2.75) is 57.5 Å². The van der Waals surface area contributed by atoms with Crippen LogP contribution >= 0.6 is 0 Å². The molecule has 1 amide bonds. The highest BCUT2D eigenvalue weighted by molar-refractivity contribution is 5.68. The zero-order chi connectivity index (χ0) is 18.5. The second kappa shape index (κ2) is 8.15. The van der Waals surface area contributed by atoms with Crippen molar-refractivity contribution in [3.63, 3.8) is 0 Å². The first kappa shape index (κ1) is 19.7. The number of benzene rings is 1. The van der Waals surface area contributed by atoms with Crippen LogP contribution in [0.3, 0.4) is 0 Å². The van der Waals surface area contributed by atoms with Crippen molar-refractivity contribution < 1.29 is 18.7 Å². The van der Waals surface area contributed by atoms with Crippen molar-refractivity contribution in [2.75, 3.05) is 19.7 Å². The largest absolute Gasteiger partial charge is 0.444 e. The molecule has 0 aliphatic carbocycles. The molecule has 0 radical (unpaired) electrons. The number of likely N-dealkylation sites (tertiary alicyclic amines) is 1. The van der Waals surface area contributed by atoms with Crippen LogP contribution in [0.2, 0.25) is 0 Å². The summed E-state index contributed by atoms with van der Waals surface area (Å²) in [6, 6.07) is 9.60. The summed E-state index contributed by atoms with van der Waals surface area (Å²) < 4.78 is 25.6. The lowest BCUT2D eigenvalue weighted by Crippen LogP contribution is -2.62. The molecule has 0 spiro atoms. The molecule has 2 N–H and O–H groups in total. The lowest BCUT2D eigenvalue weighted by atomic mass is 9.86. The lowest BCUT2D eigenvalue weighted by molar-refractivity contribution is -0.0113. The third-order valence-electron chi connectivity index (χ3n) is 4.21.